The van der Waals surface area contributed by atoms with Crippen LogP contribution in [-0.2, 0) is 0 Å². The lowest BCUT2D eigenvalue weighted by atomic mass is 9.94. The van der Waals surface area contributed by atoms with E-state index in [1.165, 1.54) is 24.6 Å². The van der Waals surface area contributed by atoms with Crippen LogP contribution in [0.3, 0.4) is 0 Å². The first-order chi connectivity index (χ1) is 5.64. The molecule has 3 heteroatoms. The molecule has 1 rings (SSSR count). The van der Waals surface area contributed by atoms with E-state index in [-0.39, 0.29) is 12.0 Å². The van der Waals surface area contributed by atoms with Crippen molar-refractivity contribution in [2.75, 3.05) is 37.7 Å². The van der Waals surface area contributed by atoms with Crippen LogP contribution in [0, 0.1) is 5.41 Å². The maximum atomic E-state index is 9.09. The number of aliphatic hydroxyl groups excluding tert-OH is 1. The summed E-state index contributed by atoms with van der Waals surface area (Å²) in [7, 11) is 0. The van der Waals surface area contributed by atoms with Crippen molar-refractivity contribution >= 4 is 11.8 Å². The molecule has 1 N–H and O–H groups in total. The molecule has 1 aliphatic heterocycles. The highest BCUT2D eigenvalue weighted by Crippen LogP contribution is 2.18. The number of aliphatic hydroxyl groups is 1. The first kappa shape index (κ1) is 10.4. The molecule has 0 spiro atoms. The fourth-order valence-corrected chi connectivity index (χ4v) is 2.39. The van der Waals surface area contributed by atoms with E-state index in [2.05, 4.69) is 18.7 Å². The van der Waals surface area contributed by atoms with E-state index in [1.54, 1.807) is 0 Å². The quantitative estimate of drug-likeness (QED) is 0.718. The third-order valence-electron chi connectivity index (χ3n) is 2.18. The minimum absolute atomic E-state index is 0.0714. The van der Waals surface area contributed by atoms with Gasteiger partial charge in [0.15, 0.2) is 0 Å². The SMILES string of the molecule is CC(C)(CO)CN1CCSCC1. The van der Waals surface area contributed by atoms with Gasteiger partial charge in [0.2, 0.25) is 0 Å². The first-order valence-electron chi connectivity index (χ1n) is 4.55. The molecule has 0 bridgehead atoms. The summed E-state index contributed by atoms with van der Waals surface area (Å²) in [6.45, 7) is 7.94. The van der Waals surface area contributed by atoms with Gasteiger partial charge in [0.1, 0.15) is 0 Å². The van der Waals surface area contributed by atoms with E-state index >= 15 is 0 Å². The predicted molar refractivity (Wildman–Crippen MR) is 54.6 cm³/mol. The molecule has 0 radical (unpaired) electrons. The van der Waals surface area contributed by atoms with Crippen LogP contribution in [0.4, 0.5) is 0 Å². The highest BCUT2D eigenvalue weighted by atomic mass is 32.2. The molecular formula is C9H19NOS. The molecule has 1 heterocycles. The molecule has 0 atom stereocenters. The van der Waals surface area contributed by atoms with E-state index in [0.717, 1.165) is 6.54 Å². The zero-order valence-electron chi connectivity index (χ0n) is 8.05. The number of thioether (sulfide) groups is 1. The summed E-state index contributed by atoms with van der Waals surface area (Å²) in [6, 6.07) is 0. The third-order valence-corrected chi connectivity index (χ3v) is 3.13. The lowest BCUT2D eigenvalue weighted by Crippen LogP contribution is -2.41. The van der Waals surface area contributed by atoms with Gasteiger partial charge in [-0.25, -0.2) is 0 Å². The second-order valence-electron chi connectivity index (χ2n) is 4.21. The Labute approximate surface area is 79.3 Å². The van der Waals surface area contributed by atoms with Gasteiger partial charge in [0, 0.05) is 43.2 Å². The molecule has 1 fully saturated rings. The van der Waals surface area contributed by atoms with Crippen molar-refractivity contribution in [2.45, 2.75) is 13.8 Å². The summed E-state index contributed by atoms with van der Waals surface area (Å²) in [5.41, 5.74) is 0.0714. The minimum atomic E-state index is 0.0714. The van der Waals surface area contributed by atoms with E-state index in [9.17, 15) is 0 Å². The Kier molecular flexibility index (Phi) is 3.87. The Hall–Kier alpha value is 0.270. The molecule has 0 aromatic heterocycles. The number of hydrogen-bond acceptors (Lipinski definition) is 3. The second kappa shape index (κ2) is 4.49. The molecule has 0 aromatic carbocycles. The number of rotatable bonds is 3. The van der Waals surface area contributed by atoms with E-state index in [1.807, 2.05) is 11.8 Å². The summed E-state index contributed by atoms with van der Waals surface area (Å²) in [5.74, 6) is 2.50. The predicted octanol–water partition coefficient (Wildman–Crippen LogP) is 1.05. The van der Waals surface area contributed by atoms with Crippen molar-refractivity contribution in [3.8, 4) is 0 Å². The standard InChI is InChI=1S/C9H19NOS/c1-9(2,8-11)7-10-3-5-12-6-4-10/h11H,3-8H2,1-2H3. The fourth-order valence-electron chi connectivity index (χ4n) is 1.41. The highest BCUT2D eigenvalue weighted by molar-refractivity contribution is 7.99. The monoisotopic (exact) mass is 189 g/mol. The van der Waals surface area contributed by atoms with Crippen LogP contribution in [0.2, 0.25) is 0 Å². The summed E-state index contributed by atoms with van der Waals surface area (Å²) in [5, 5.41) is 9.09. The van der Waals surface area contributed by atoms with Crippen LogP contribution >= 0.6 is 11.8 Å². The van der Waals surface area contributed by atoms with Crippen LogP contribution in [0.15, 0.2) is 0 Å². The van der Waals surface area contributed by atoms with Gasteiger partial charge in [-0.3, -0.25) is 0 Å². The van der Waals surface area contributed by atoms with Crippen LogP contribution in [0.25, 0.3) is 0 Å². The van der Waals surface area contributed by atoms with Crippen LogP contribution < -0.4 is 0 Å². The van der Waals surface area contributed by atoms with E-state index < -0.39 is 0 Å². The second-order valence-corrected chi connectivity index (χ2v) is 5.44. The molecule has 1 saturated heterocycles. The molecular weight excluding hydrogens is 170 g/mol. The lowest BCUT2D eigenvalue weighted by molar-refractivity contribution is 0.108. The average molecular weight is 189 g/mol. The lowest BCUT2D eigenvalue weighted by Gasteiger charge is -2.33. The van der Waals surface area contributed by atoms with Crippen molar-refractivity contribution in [2.24, 2.45) is 5.41 Å². The normalized spacial score (nSPS) is 21.2. The van der Waals surface area contributed by atoms with Crippen LogP contribution in [0.1, 0.15) is 13.8 Å². The molecule has 1 aliphatic rings. The Morgan fingerprint density at radius 2 is 1.92 bits per heavy atom. The molecule has 12 heavy (non-hydrogen) atoms. The van der Waals surface area contributed by atoms with Crippen molar-refractivity contribution in [1.82, 2.24) is 4.90 Å². The minimum Gasteiger partial charge on any atom is -0.396 e. The molecule has 0 aromatic rings. The average Bonchev–Trinajstić information content (AvgIpc) is 2.06. The van der Waals surface area contributed by atoms with Gasteiger partial charge in [-0.15, -0.1) is 0 Å². The molecule has 0 aliphatic carbocycles. The van der Waals surface area contributed by atoms with Gasteiger partial charge < -0.3 is 10.0 Å². The van der Waals surface area contributed by atoms with Crippen molar-refractivity contribution < 1.29 is 5.11 Å². The molecule has 0 saturated carbocycles. The molecule has 2 nitrogen and oxygen atoms in total. The van der Waals surface area contributed by atoms with Gasteiger partial charge in [-0.05, 0) is 0 Å². The maximum Gasteiger partial charge on any atom is 0.0494 e. The van der Waals surface area contributed by atoms with Gasteiger partial charge in [-0.2, -0.15) is 11.8 Å². The van der Waals surface area contributed by atoms with Gasteiger partial charge in [0.25, 0.3) is 0 Å². The smallest absolute Gasteiger partial charge is 0.0494 e. The summed E-state index contributed by atoms with van der Waals surface area (Å²) >= 11 is 2.03. The molecule has 72 valence electrons. The maximum absolute atomic E-state index is 9.09. The Morgan fingerprint density at radius 3 is 2.42 bits per heavy atom. The van der Waals surface area contributed by atoms with Crippen molar-refractivity contribution in [3.05, 3.63) is 0 Å². The van der Waals surface area contributed by atoms with Gasteiger partial charge in [-0.1, -0.05) is 13.8 Å². The van der Waals surface area contributed by atoms with Gasteiger partial charge in [0.05, 0.1) is 0 Å². The molecule has 0 unspecified atom stereocenters. The zero-order chi connectivity index (χ0) is 9.03. The third kappa shape index (κ3) is 3.33. The van der Waals surface area contributed by atoms with Crippen LogP contribution in [-0.4, -0.2) is 47.8 Å². The van der Waals surface area contributed by atoms with Gasteiger partial charge >= 0.3 is 0 Å². The Morgan fingerprint density at radius 1 is 1.33 bits per heavy atom. The first-order valence-corrected chi connectivity index (χ1v) is 5.70. The zero-order valence-corrected chi connectivity index (χ0v) is 8.86. The molecule has 0 amide bonds. The van der Waals surface area contributed by atoms with Crippen molar-refractivity contribution in [3.63, 3.8) is 0 Å². The largest absolute Gasteiger partial charge is 0.396 e. The number of hydrogen-bond donors (Lipinski definition) is 1. The highest BCUT2D eigenvalue weighted by Gasteiger charge is 2.21. The number of nitrogens with zero attached hydrogens (tertiary/aromatic N) is 1. The van der Waals surface area contributed by atoms with E-state index in [4.69, 9.17) is 5.11 Å². The summed E-state index contributed by atoms with van der Waals surface area (Å²) < 4.78 is 0. The fraction of sp³-hybridized carbons (Fsp3) is 1.00. The Balaban J connectivity index is 2.28. The topological polar surface area (TPSA) is 23.5 Å². The Bertz CT molecular complexity index is 132. The van der Waals surface area contributed by atoms with E-state index in [0.29, 0.717) is 0 Å². The van der Waals surface area contributed by atoms with Crippen molar-refractivity contribution in [1.29, 1.82) is 0 Å². The summed E-state index contributed by atoms with van der Waals surface area (Å²) in [4.78, 5) is 2.45. The summed E-state index contributed by atoms with van der Waals surface area (Å²) in [6.07, 6.45) is 0. The van der Waals surface area contributed by atoms with Crippen LogP contribution in [0.5, 0.6) is 0 Å².